The van der Waals surface area contributed by atoms with Gasteiger partial charge in [-0.3, -0.25) is 0 Å². The molecule has 34 heavy (non-hydrogen) atoms. The molecule has 0 radical (unpaired) electrons. The molecule has 4 unspecified atom stereocenters. The van der Waals surface area contributed by atoms with E-state index < -0.39 is 21.2 Å². The van der Waals surface area contributed by atoms with Crippen LogP contribution in [0.3, 0.4) is 0 Å². The van der Waals surface area contributed by atoms with Gasteiger partial charge in [-0.2, -0.15) is 0 Å². The molecule has 206 valence electrons. The van der Waals surface area contributed by atoms with Crippen molar-refractivity contribution < 1.29 is 42.9 Å². The van der Waals surface area contributed by atoms with Crippen molar-refractivity contribution in [2.45, 2.75) is 89.9 Å². The molecule has 0 amide bonds. The van der Waals surface area contributed by atoms with Crippen LogP contribution >= 0.6 is 0 Å². The SMILES string of the molecule is CC1C=CC(C)C[Si](C)(CCCO)C1.CC1C=CC(C)C[Si](C)(CCCO)C1.O=[N+]([O-])O.[Ag+].[CH3-]. The van der Waals surface area contributed by atoms with Crippen LogP contribution in [0, 0.1) is 41.2 Å². The van der Waals surface area contributed by atoms with Gasteiger partial charge in [-0.05, 0) is 36.5 Å². The maximum absolute atomic E-state index is 8.92. The summed E-state index contributed by atoms with van der Waals surface area (Å²) in [5, 5.41) is 31.5. The minimum absolute atomic E-state index is 0. The Hall–Kier alpha value is -0.226. The fraction of sp³-hybridized carbons (Fsp3) is 0.800. The van der Waals surface area contributed by atoms with Crippen molar-refractivity contribution in [2.24, 2.45) is 23.7 Å². The predicted molar refractivity (Wildman–Crippen MR) is 146 cm³/mol. The summed E-state index contributed by atoms with van der Waals surface area (Å²) in [4.78, 5) is 8.36. The first kappa shape index (κ1) is 38.3. The Morgan fingerprint density at radius 3 is 1.15 bits per heavy atom. The Morgan fingerprint density at radius 1 is 0.765 bits per heavy atom. The average Bonchev–Trinajstić information content (AvgIpc) is 2.89. The van der Waals surface area contributed by atoms with Crippen LogP contribution in [-0.4, -0.2) is 49.9 Å². The molecule has 0 fully saturated rings. The first-order chi connectivity index (χ1) is 14.8. The molecule has 0 aliphatic carbocycles. The molecule has 2 rings (SSSR count). The molecule has 0 bridgehead atoms. The number of hydrogen-bond donors (Lipinski definition) is 3. The van der Waals surface area contributed by atoms with E-state index in [4.69, 9.17) is 25.5 Å². The van der Waals surface area contributed by atoms with E-state index in [9.17, 15) is 0 Å². The molecule has 0 spiro atoms. The summed E-state index contributed by atoms with van der Waals surface area (Å²) in [5.74, 6) is 3.04. The molecule has 0 aromatic heterocycles. The zero-order valence-corrected chi connectivity index (χ0v) is 26.1. The van der Waals surface area contributed by atoms with Gasteiger partial charge in [-0.15, -0.1) is 10.1 Å². The van der Waals surface area contributed by atoms with Crippen molar-refractivity contribution in [1.29, 1.82) is 0 Å². The van der Waals surface area contributed by atoms with Crippen molar-refractivity contribution in [3.63, 3.8) is 0 Å². The molecule has 2 aliphatic rings. The van der Waals surface area contributed by atoms with E-state index in [-0.39, 0.29) is 29.8 Å². The average molecular weight is 611 g/mol. The second-order valence-electron chi connectivity index (χ2n) is 11.0. The maximum atomic E-state index is 8.92. The third-order valence-corrected chi connectivity index (χ3v) is 16.3. The fourth-order valence-corrected chi connectivity index (χ4v) is 15.7. The van der Waals surface area contributed by atoms with E-state index in [1.165, 1.54) is 36.3 Å². The zero-order valence-electron chi connectivity index (χ0n) is 22.6. The number of aliphatic hydroxyl groups excluding tert-OH is 2. The summed E-state index contributed by atoms with van der Waals surface area (Å²) in [7, 11) is -2.11. The van der Waals surface area contributed by atoms with Crippen LogP contribution in [0.2, 0.25) is 49.4 Å². The van der Waals surface area contributed by atoms with Gasteiger partial charge in [0, 0.05) is 13.2 Å². The second-order valence-corrected chi connectivity index (χ2v) is 20.9. The van der Waals surface area contributed by atoms with Crippen LogP contribution in [0.15, 0.2) is 24.3 Å². The Balaban J connectivity index is -0.000000465. The summed E-state index contributed by atoms with van der Waals surface area (Å²) in [6.07, 6.45) is 11.6. The molecular weight excluding hydrogens is 558 g/mol. The topological polar surface area (TPSA) is 104 Å². The fourth-order valence-electron chi connectivity index (χ4n) is 5.73. The van der Waals surface area contributed by atoms with Gasteiger partial charge in [0.25, 0.3) is 5.09 Å². The molecule has 3 N–H and O–H groups in total. The number of nitrogens with zero attached hydrogens (tertiary/aromatic N) is 1. The normalized spacial score (nSPS) is 32.2. The van der Waals surface area contributed by atoms with Crippen LogP contribution < -0.4 is 0 Å². The number of allylic oxidation sites excluding steroid dienone is 4. The minimum Gasteiger partial charge on any atom is -0.396 e. The quantitative estimate of drug-likeness (QED) is 0.102. The summed E-state index contributed by atoms with van der Waals surface area (Å²) in [5.41, 5.74) is 0. The third kappa shape index (κ3) is 19.0. The standard InChI is InChI=1S/2C12H24OSi.CH3.Ag.HNO3/c2*1-11-5-6-12(2)10-14(3,9-11)8-4-7-13;;;2-1(3)4/h2*5-6,11-13H,4,7-10H2,1-3H3;1H3;;(H,2,3,4)/q;;-1;+1;. The summed E-state index contributed by atoms with van der Waals surface area (Å²) < 4.78 is 0. The summed E-state index contributed by atoms with van der Waals surface area (Å²) in [6, 6.07) is 8.25. The molecule has 0 saturated carbocycles. The van der Waals surface area contributed by atoms with Gasteiger partial charge in [0.1, 0.15) is 0 Å². The molecule has 4 atom stereocenters. The Morgan fingerprint density at radius 2 is 0.971 bits per heavy atom. The molecule has 0 saturated heterocycles. The molecule has 0 aromatic rings. The molecule has 6 nitrogen and oxygen atoms in total. The van der Waals surface area contributed by atoms with E-state index in [0.717, 1.165) is 36.5 Å². The van der Waals surface area contributed by atoms with E-state index in [0.29, 0.717) is 13.2 Å². The largest absolute Gasteiger partial charge is 1.00 e. The van der Waals surface area contributed by atoms with Gasteiger partial charge < -0.3 is 22.8 Å². The van der Waals surface area contributed by atoms with Crippen molar-refractivity contribution in [1.82, 2.24) is 0 Å². The van der Waals surface area contributed by atoms with Gasteiger partial charge in [-0.25, -0.2) is 0 Å². The minimum atomic E-state index is -1.50. The molecular formula is C25H52AgNO5Si2. The molecule has 2 heterocycles. The van der Waals surface area contributed by atoms with E-state index in [1.807, 2.05) is 0 Å². The summed E-state index contributed by atoms with van der Waals surface area (Å²) >= 11 is 0. The molecule has 9 heteroatoms. The van der Waals surface area contributed by atoms with Gasteiger partial charge >= 0.3 is 22.4 Å². The maximum Gasteiger partial charge on any atom is 1.00 e. The smallest absolute Gasteiger partial charge is 0.396 e. The van der Waals surface area contributed by atoms with Gasteiger partial charge in [0.2, 0.25) is 0 Å². The van der Waals surface area contributed by atoms with Crippen LogP contribution in [0.4, 0.5) is 0 Å². The number of hydrogen-bond acceptors (Lipinski definition) is 4. The van der Waals surface area contributed by atoms with Gasteiger partial charge in [0.15, 0.2) is 0 Å². The monoisotopic (exact) mass is 609 g/mol. The van der Waals surface area contributed by atoms with Crippen LogP contribution in [0.25, 0.3) is 0 Å². The number of rotatable bonds is 6. The Kier molecular flexibility index (Phi) is 22.4. The first-order valence-electron chi connectivity index (χ1n) is 12.3. The Labute approximate surface area is 227 Å². The van der Waals surface area contributed by atoms with Crippen molar-refractivity contribution in [3.05, 3.63) is 41.8 Å². The Bertz CT molecular complexity index is 516. The third-order valence-electron chi connectivity index (χ3n) is 6.67. The van der Waals surface area contributed by atoms with Gasteiger partial charge in [0.05, 0.1) is 16.1 Å². The predicted octanol–water partition coefficient (Wildman–Crippen LogP) is 6.68. The van der Waals surface area contributed by atoms with E-state index in [1.54, 1.807) is 0 Å². The molecule has 0 aromatic carbocycles. The van der Waals surface area contributed by atoms with Crippen molar-refractivity contribution in [2.75, 3.05) is 13.2 Å². The summed E-state index contributed by atoms with van der Waals surface area (Å²) in [6.45, 7) is 15.1. The van der Waals surface area contributed by atoms with Gasteiger partial charge in [-0.1, -0.05) is 101 Å². The van der Waals surface area contributed by atoms with E-state index in [2.05, 4.69) is 65.1 Å². The zero-order chi connectivity index (χ0) is 24.8. The number of aliphatic hydroxyl groups is 2. The van der Waals surface area contributed by atoms with Crippen molar-refractivity contribution >= 4 is 16.1 Å². The van der Waals surface area contributed by atoms with Crippen LogP contribution in [0.5, 0.6) is 0 Å². The second kappa shape index (κ2) is 19.9. The van der Waals surface area contributed by atoms with Crippen LogP contribution in [-0.2, 0) is 22.4 Å². The first-order valence-corrected chi connectivity index (χ1v) is 18.5. The van der Waals surface area contributed by atoms with Crippen LogP contribution in [0.1, 0.15) is 40.5 Å². The van der Waals surface area contributed by atoms with E-state index >= 15 is 0 Å². The molecule has 2 aliphatic heterocycles. The van der Waals surface area contributed by atoms with Crippen molar-refractivity contribution in [3.8, 4) is 0 Å².